The topological polar surface area (TPSA) is 79.0 Å². The summed E-state index contributed by atoms with van der Waals surface area (Å²) in [4.78, 5) is 37.3. The van der Waals surface area contributed by atoms with Gasteiger partial charge in [0.2, 0.25) is 0 Å². The van der Waals surface area contributed by atoms with Crippen LogP contribution in [0.4, 0.5) is 4.79 Å². The van der Waals surface area contributed by atoms with Crippen LogP contribution in [-0.4, -0.2) is 66.5 Å². The number of carbonyl (C=O) groups excluding carboxylic acids is 3. The third-order valence-corrected chi connectivity index (χ3v) is 2.57. The first-order valence-electron chi connectivity index (χ1n) is 6.22. The van der Waals surface area contributed by atoms with Crippen molar-refractivity contribution in [1.29, 1.82) is 0 Å². The van der Waals surface area contributed by atoms with Crippen molar-refractivity contribution in [2.75, 3.05) is 33.2 Å². The second-order valence-electron chi connectivity index (χ2n) is 5.45. The predicted octanol–water partition coefficient (Wildman–Crippen LogP) is -0.188. The number of hydrogen-bond donors (Lipinski definition) is 1. The number of nitrogens with zero attached hydrogens (tertiary/aromatic N) is 2. The number of piperazine rings is 1. The molecule has 0 aromatic heterocycles. The van der Waals surface area contributed by atoms with Crippen LogP contribution >= 0.6 is 0 Å². The van der Waals surface area contributed by atoms with Crippen molar-refractivity contribution in [2.45, 2.75) is 26.4 Å². The molecule has 1 saturated heterocycles. The molecule has 0 aliphatic carbocycles. The Morgan fingerprint density at radius 1 is 1.26 bits per heavy atom. The molecule has 0 spiro atoms. The van der Waals surface area contributed by atoms with Crippen molar-refractivity contribution in [2.24, 2.45) is 0 Å². The first kappa shape index (κ1) is 15.3. The van der Waals surface area contributed by atoms with Gasteiger partial charge in [-0.15, -0.1) is 0 Å². The van der Waals surface area contributed by atoms with Crippen LogP contribution in [0.5, 0.6) is 0 Å². The Morgan fingerprint density at radius 3 is 2.47 bits per heavy atom. The molecule has 1 heterocycles. The van der Waals surface area contributed by atoms with E-state index in [0.29, 0.717) is 19.6 Å². The summed E-state index contributed by atoms with van der Waals surface area (Å²) < 4.78 is 5.06. The summed E-state index contributed by atoms with van der Waals surface area (Å²) in [6.45, 7) is 6.88. The summed E-state index contributed by atoms with van der Waals surface area (Å²) in [5, 5.41) is 2.55. The molecule has 0 atom stereocenters. The molecule has 1 rings (SSSR count). The molecule has 3 amide bonds. The second kappa shape index (κ2) is 5.90. The summed E-state index contributed by atoms with van der Waals surface area (Å²) in [5.41, 5.74) is -0.552. The van der Waals surface area contributed by atoms with Crippen LogP contribution in [0.25, 0.3) is 0 Å². The fourth-order valence-electron chi connectivity index (χ4n) is 1.59. The molecular weight excluding hydrogens is 250 g/mol. The molecule has 0 unspecified atom stereocenters. The van der Waals surface area contributed by atoms with Crippen molar-refractivity contribution >= 4 is 17.9 Å². The van der Waals surface area contributed by atoms with Crippen molar-refractivity contribution in [3.05, 3.63) is 0 Å². The lowest BCUT2D eigenvalue weighted by Gasteiger charge is -2.31. The molecule has 19 heavy (non-hydrogen) atoms. The zero-order valence-electron chi connectivity index (χ0n) is 11.9. The lowest BCUT2D eigenvalue weighted by atomic mass is 10.2. The van der Waals surface area contributed by atoms with Gasteiger partial charge in [-0.05, 0) is 20.8 Å². The Labute approximate surface area is 112 Å². The highest BCUT2D eigenvalue weighted by molar-refractivity contribution is 6.35. The highest BCUT2D eigenvalue weighted by Gasteiger charge is 2.29. The van der Waals surface area contributed by atoms with Crippen LogP contribution < -0.4 is 5.32 Å². The van der Waals surface area contributed by atoms with Gasteiger partial charge in [-0.2, -0.15) is 0 Å². The number of likely N-dealkylation sites (N-methyl/N-ethyl adjacent to an activating group) is 1. The molecule has 7 heteroatoms. The Hall–Kier alpha value is -1.79. The minimum atomic E-state index is -0.552. The molecule has 7 nitrogen and oxygen atoms in total. The normalized spacial score (nSPS) is 16.6. The van der Waals surface area contributed by atoms with Gasteiger partial charge >= 0.3 is 17.9 Å². The standard InChI is InChI=1S/C12H21N3O4/c1-12(2,3)19-11(18)13-5-6-15-8-7-14(4)9(16)10(15)17/h5-8H2,1-4H3,(H,13,18). The molecule has 1 N–H and O–H groups in total. The minimum absolute atomic E-state index is 0.262. The molecule has 0 aromatic carbocycles. The van der Waals surface area contributed by atoms with Gasteiger partial charge in [-0.25, -0.2) is 4.79 Å². The lowest BCUT2D eigenvalue weighted by Crippen LogP contribution is -2.54. The van der Waals surface area contributed by atoms with E-state index in [9.17, 15) is 14.4 Å². The maximum absolute atomic E-state index is 11.6. The summed E-state index contributed by atoms with van der Waals surface area (Å²) >= 11 is 0. The molecule has 0 aromatic rings. The Balaban J connectivity index is 2.32. The van der Waals surface area contributed by atoms with Crippen molar-refractivity contribution < 1.29 is 19.1 Å². The van der Waals surface area contributed by atoms with E-state index in [-0.39, 0.29) is 6.54 Å². The van der Waals surface area contributed by atoms with Gasteiger partial charge < -0.3 is 19.9 Å². The zero-order valence-corrected chi connectivity index (χ0v) is 11.9. The number of carbonyl (C=O) groups is 3. The van der Waals surface area contributed by atoms with Gasteiger partial charge in [-0.3, -0.25) is 9.59 Å². The third kappa shape index (κ3) is 4.76. The van der Waals surface area contributed by atoms with Crippen LogP contribution in [0, 0.1) is 0 Å². The summed E-state index contributed by atoms with van der Waals surface area (Å²) in [5.74, 6) is -1.04. The summed E-state index contributed by atoms with van der Waals surface area (Å²) in [6.07, 6.45) is -0.527. The second-order valence-corrected chi connectivity index (χ2v) is 5.45. The van der Waals surface area contributed by atoms with E-state index in [0.717, 1.165) is 0 Å². The average molecular weight is 271 g/mol. The highest BCUT2D eigenvalue weighted by atomic mass is 16.6. The number of alkyl carbamates (subject to hydrolysis) is 1. The van der Waals surface area contributed by atoms with E-state index >= 15 is 0 Å². The highest BCUT2D eigenvalue weighted by Crippen LogP contribution is 2.06. The van der Waals surface area contributed by atoms with Crippen molar-refractivity contribution in [3.63, 3.8) is 0 Å². The average Bonchev–Trinajstić information content (AvgIpc) is 2.27. The van der Waals surface area contributed by atoms with Gasteiger partial charge in [0.15, 0.2) is 0 Å². The summed E-state index contributed by atoms with van der Waals surface area (Å²) in [7, 11) is 1.59. The Morgan fingerprint density at radius 2 is 1.89 bits per heavy atom. The van der Waals surface area contributed by atoms with Gasteiger partial charge in [0.1, 0.15) is 5.60 Å². The van der Waals surface area contributed by atoms with Crippen LogP contribution in [-0.2, 0) is 14.3 Å². The van der Waals surface area contributed by atoms with E-state index in [1.165, 1.54) is 9.80 Å². The van der Waals surface area contributed by atoms with Crippen LogP contribution in [0.1, 0.15) is 20.8 Å². The number of amides is 3. The van der Waals surface area contributed by atoms with Crippen molar-refractivity contribution in [1.82, 2.24) is 15.1 Å². The largest absolute Gasteiger partial charge is 0.444 e. The molecule has 1 aliphatic heterocycles. The minimum Gasteiger partial charge on any atom is -0.444 e. The molecule has 1 aliphatic rings. The molecule has 0 bridgehead atoms. The molecule has 108 valence electrons. The molecule has 1 fully saturated rings. The maximum atomic E-state index is 11.6. The SMILES string of the molecule is CN1CCN(CCNC(=O)OC(C)(C)C)C(=O)C1=O. The molecular formula is C12H21N3O4. The maximum Gasteiger partial charge on any atom is 0.407 e. The predicted molar refractivity (Wildman–Crippen MR) is 68.5 cm³/mol. The Bertz CT molecular complexity index is 376. The number of ether oxygens (including phenoxy) is 1. The fraction of sp³-hybridized carbons (Fsp3) is 0.750. The zero-order chi connectivity index (χ0) is 14.6. The monoisotopic (exact) mass is 271 g/mol. The third-order valence-electron chi connectivity index (χ3n) is 2.57. The Kier molecular flexibility index (Phi) is 4.74. The first-order valence-corrected chi connectivity index (χ1v) is 6.22. The number of rotatable bonds is 3. The summed E-state index contributed by atoms with van der Waals surface area (Å²) in [6, 6.07) is 0. The van der Waals surface area contributed by atoms with Gasteiger partial charge in [-0.1, -0.05) is 0 Å². The van der Waals surface area contributed by atoms with Gasteiger partial charge in [0, 0.05) is 33.2 Å². The van der Waals surface area contributed by atoms with Crippen LogP contribution in [0.15, 0.2) is 0 Å². The van der Waals surface area contributed by atoms with E-state index in [4.69, 9.17) is 4.74 Å². The van der Waals surface area contributed by atoms with Crippen LogP contribution in [0.2, 0.25) is 0 Å². The van der Waals surface area contributed by atoms with E-state index in [1.807, 2.05) is 0 Å². The fourth-order valence-corrected chi connectivity index (χ4v) is 1.59. The van der Waals surface area contributed by atoms with E-state index in [1.54, 1.807) is 27.8 Å². The van der Waals surface area contributed by atoms with E-state index in [2.05, 4.69) is 5.32 Å². The lowest BCUT2D eigenvalue weighted by molar-refractivity contribution is -0.154. The molecule has 0 radical (unpaired) electrons. The van der Waals surface area contributed by atoms with E-state index < -0.39 is 23.5 Å². The quantitative estimate of drug-likeness (QED) is 0.722. The first-order chi connectivity index (χ1) is 8.70. The van der Waals surface area contributed by atoms with Crippen molar-refractivity contribution in [3.8, 4) is 0 Å². The van der Waals surface area contributed by atoms with Gasteiger partial charge in [0.25, 0.3) is 0 Å². The number of nitrogens with one attached hydrogen (secondary N) is 1. The van der Waals surface area contributed by atoms with Gasteiger partial charge in [0.05, 0.1) is 0 Å². The number of hydrogen-bond acceptors (Lipinski definition) is 4. The smallest absolute Gasteiger partial charge is 0.407 e. The van der Waals surface area contributed by atoms with Crippen LogP contribution in [0.3, 0.4) is 0 Å². The molecule has 0 saturated carbocycles.